The Hall–Kier alpha value is -2.18. The Bertz CT molecular complexity index is 826. The van der Waals surface area contributed by atoms with Gasteiger partial charge in [0.2, 0.25) is 0 Å². The third kappa shape index (κ3) is 5.14. The molecule has 0 aliphatic heterocycles. The van der Waals surface area contributed by atoms with Crippen molar-refractivity contribution >= 4 is 15.7 Å². The molecule has 0 unspecified atom stereocenters. The van der Waals surface area contributed by atoms with Crippen molar-refractivity contribution < 1.29 is 13.2 Å². The fraction of sp³-hybridized carbons (Fsp3) is 0.316. The molecular weight excluding hydrogens is 336 g/mol. The summed E-state index contributed by atoms with van der Waals surface area (Å²) in [5, 5.41) is 2.92. The fourth-order valence-corrected chi connectivity index (χ4v) is 3.16. The van der Waals surface area contributed by atoms with Crippen LogP contribution in [0, 0.1) is 6.92 Å². The molecule has 0 heterocycles. The van der Waals surface area contributed by atoms with Gasteiger partial charge in [-0.05, 0) is 50.8 Å². The summed E-state index contributed by atoms with van der Waals surface area (Å²) in [6.07, 6.45) is 1.14. The number of carbonyl (C=O) groups excluding carboxylic acids is 1. The minimum absolute atomic E-state index is 0.0554. The highest BCUT2D eigenvalue weighted by Gasteiger charge is 2.16. The number of likely N-dealkylation sites (N-methyl/N-ethyl adjacent to an activating group) is 1. The Morgan fingerprint density at radius 3 is 2.08 bits per heavy atom. The quantitative estimate of drug-likeness (QED) is 0.859. The molecule has 2 aromatic carbocycles. The zero-order chi connectivity index (χ0) is 18.6. The van der Waals surface area contributed by atoms with Gasteiger partial charge in [-0.2, -0.15) is 0 Å². The number of benzene rings is 2. The molecule has 0 aliphatic carbocycles. The summed E-state index contributed by atoms with van der Waals surface area (Å²) in [6.45, 7) is 2.50. The summed E-state index contributed by atoms with van der Waals surface area (Å²) in [5.74, 6) is -0.223. The van der Waals surface area contributed by atoms with Crippen LogP contribution >= 0.6 is 0 Å². The van der Waals surface area contributed by atoms with E-state index in [0.717, 1.165) is 11.8 Å². The van der Waals surface area contributed by atoms with Crippen molar-refractivity contribution in [3.8, 4) is 0 Å². The van der Waals surface area contributed by atoms with E-state index in [1.165, 1.54) is 29.8 Å². The molecule has 0 saturated carbocycles. The average Bonchev–Trinajstić information content (AvgIpc) is 2.55. The monoisotopic (exact) mass is 360 g/mol. The van der Waals surface area contributed by atoms with E-state index in [2.05, 4.69) is 34.5 Å². The van der Waals surface area contributed by atoms with E-state index in [9.17, 15) is 13.2 Å². The van der Waals surface area contributed by atoms with Crippen LogP contribution < -0.4 is 5.32 Å². The van der Waals surface area contributed by atoms with Gasteiger partial charge in [0.05, 0.1) is 10.9 Å². The first-order valence-corrected chi connectivity index (χ1v) is 9.89. The van der Waals surface area contributed by atoms with Crippen LogP contribution in [0.4, 0.5) is 0 Å². The summed E-state index contributed by atoms with van der Waals surface area (Å²) >= 11 is 0. The molecule has 0 aliphatic rings. The second-order valence-electron chi connectivity index (χ2n) is 6.40. The van der Waals surface area contributed by atoms with Gasteiger partial charge in [-0.25, -0.2) is 8.42 Å². The predicted molar refractivity (Wildman–Crippen MR) is 99.5 cm³/mol. The van der Waals surface area contributed by atoms with E-state index in [1.54, 1.807) is 0 Å². The Morgan fingerprint density at radius 1 is 1.04 bits per heavy atom. The summed E-state index contributed by atoms with van der Waals surface area (Å²) in [5.41, 5.74) is 2.76. The van der Waals surface area contributed by atoms with Crippen molar-refractivity contribution in [3.05, 3.63) is 65.2 Å². The van der Waals surface area contributed by atoms with Gasteiger partial charge in [0.1, 0.15) is 0 Å². The van der Waals surface area contributed by atoms with Crippen LogP contribution in [-0.4, -0.2) is 46.1 Å². The molecule has 6 heteroatoms. The van der Waals surface area contributed by atoms with Crippen molar-refractivity contribution in [3.63, 3.8) is 0 Å². The second-order valence-corrected chi connectivity index (χ2v) is 8.41. The maximum Gasteiger partial charge on any atom is 0.251 e. The minimum Gasteiger partial charge on any atom is -0.350 e. The Labute approximate surface area is 149 Å². The zero-order valence-corrected chi connectivity index (χ0v) is 15.8. The number of hydrogen-bond donors (Lipinski definition) is 1. The number of hydrogen-bond acceptors (Lipinski definition) is 4. The highest BCUT2D eigenvalue weighted by molar-refractivity contribution is 7.90. The topological polar surface area (TPSA) is 66.5 Å². The number of carbonyl (C=O) groups is 1. The molecule has 1 N–H and O–H groups in total. The van der Waals surface area contributed by atoms with Crippen LogP contribution in [0.2, 0.25) is 0 Å². The van der Waals surface area contributed by atoms with Crippen molar-refractivity contribution in [2.45, 2.75) is 17.9 Å². The zero-order valence-electron chi connectivity index (χ0n) is 15.0. The number of nitrogens with zero attached hydrogens (tertiary/aromatic N) is 1. The van der Waals surface area contributed by atoms with Gasteiger partial charge in [-0.3, -0.25) is 4.79 Å². The Kier molecular flexibility index (Phi) is 5.98. The summed E-state index contributed by atoms with van der Waals surface area (Å²) in [7, 11) is 0.679. The molecule has 25 heavy (non-hydrogen) atoms. The van der Waals surface area contributed by atoms with Gasteiger partial charge in [0.25, 0.3) is 5.91 Å². The molecule has 2 rings (SSSR count). The number of amides is 1. The van der Waals surface area contributed by atoms with Crippen LogP contribution in [0.5, 0.6) is 0 Å². The van der Waals surface area contributed by atoms with Crippen LogP contribution in [-0.2, 0) is 9.84 Å². The lowest BCUT2D eigenvalue weighted by Gasteiger charge is -2.25. The Balaban J connectivity index is 2.07. The maximum atomic E-state index is 12.3. The van der Waals surface area contributed by atoms with E-state index in [1.807, 2.05) is 21.0 Å². The van der Waals surface area contributed by atoms with Gasteiger partial charge in [-0.1, -0.05) is 29.8 Å². The number of nitrogens with one attached hydrogen (secondary N) is 1. The normalized spacial score (nSPS) is 12.8. The van der Waals surface area contributed by atoms with E-state index < -0.39 is 9.84 Å². The van der Waals surface area contributed by atoms with Crippen LogP contribution in [0.1, 0.15) is 27.5 Å². The molecule has 0 saturated heterocycles. The van der Waals surface area contributed by atoms with Crippen molar-refractivity contribution in [1.82, 2.24) is 10.2 Å². The first kappa shape index (κ1) is 19.1. The van der Waals surface area contributed by atoms with Gasteiger partial charge < -0.3 is 10.2 Å². The summed E-state index contributed by atoms with van der Waals surface area (Å²) < 4.78 is 23.0. The molecule has 0 aromatic heterocycles. The third-order valence-electron chi connectivity index (χ3n) is 4.09. The Morgan fingerprint density at radius 2 is 1.60 bits per heavy atom. The minimum atomic E-state index is -3.26. The summed E-state index contributed by atoms with van der Waals surface area (Å²) in [4.78, 5) is 14.6. The van der Waals surface area contributed by atoms with E-state index >= 15 is 0 Å². The van der Waals surface area contributed by atoms with Gasteiger partial charge >= 0.3 is 0 Å². The lowest BCUT2D eigenvalue weighted by molar-refractivity contribution is 0.0942. The van der Waals surface area contributed by atoms with E-state index in [-0.39, 0.29) is 16.8 Å². The van der Waals surface area contributed by atoms with Crippen LogP contribution in [0.15, 0.2) is 53.4 Å². The van der Waals surface area contributed by atoms with Crippen LogP contribution in [0.25, 0.3) is 0 Å². The number of rotatable bonds is 6. The first-order chi connectivity index (χ1) is 11.7. The molecule has 0 radical (unpaired) electrons. The average molecular weight is 360 g/mol. The number of aryl methyl sites for hydroxylation is 1. The highest BCUT2D eigenvalue weighted by Crippen LogP contribution is 2.18. The predicted octanol–water partition coefficient (Wildman–Crippen LogP) is 2.43. The van der Waals surface area contributed by atoms with Crippen LogP contribution in [0.3, 0.4) is 0 Å². The molecule has 134 valence electrons. The first-order valence-electron chi connectivity index (χ1n) is 8.00. The van der Waals surface area contributed by atoms with Gasteiger partial charge in [0.15, 0.2) is 9.84 Å². The lowest BCUT2D eigenvalue weighted by Crippen LogP contribution is -2.34. The standard InChI is InChI=1S/C19H24N2O3S/c1-14-5-7-15(8-6-14)18(21(2)3)13-20-19(22)16-9-11-17(12-10-16)25(4,23)24/h5-12,18H,13H2,1-4H3,(H,20,22)/t18-/m0/s1. The van der Waals surface area contributed by atoms with Crippen molar-refractivity contribution in [2.75, 3.05) is 26.9 Å². The molecule has 1 amide bonds. The largest absolute Gasteiger partial charge is 0.350 e. The molecular formula is C19H24N2O3S. The van der Waals surface area contributed by atoms with Crippen molar-refractivity contribution in [2.24, 2.45) is 0 Å². The molecule has 1 atom stereocenters. The fourth-order valence-electron chi connectivity index (χ4n) is 2.53. The highest BCUT2D eigenvalue weighted by atomic mass is 32.2. The molecule has 5 nitrogen and oxygen atoms in total. The molecule has 0 bridgehead atoms. The van der Waals surface area contributed by atoms with Crippen molar-refractivity contribution in [1.29, 1.82) is 0 Å². The molecule has 0 spiro atoms. The van der Waals surface area contributed by atoms with Gasteiger partial charge in [-0.15, -0.1) is 0 Å². The number of sulfone groups is 1. The smallest absolute Gasteiger partial charge is 0.251 e. The van der Waals surface area contributed by atoms with E-state index in [4.69, 9.17) is 0 Å². The summed E-state index contributed by atoms with van der Waals surface area (Å²) in [6, 6.07) is 14.3. The third-order valence-corrected chi connectivity index (χ3v) is 5.21. The maximum absolute atomic E-state index is 12.3. The molecule has 0 fully saturated rings. The lowest BCUT2D eigenvalue weighted by atomic mass is 10.0. The van der Waals surface area contributed by atoms with E-state index in [0.29, 0.717) is 12.1 Å². The molecule has 2 aromatic rings. The second kappa shape index (κ2) is 7.80. The SMILES string of the molecule is Cc1ccc([C@H](CNC(=O)c2ccc(S(C)(=O)=O)cc2)N(C)C)cc1. The van der Waals surface area contributed by atoms with Gasteiger partial charge in [0, 0.05) is 18.4 Å².